The molecule has 0 saturated carbocycles. The molecule has 0 radical (unpaired) electrons. The molecule has 0 saturated heterocycles. The Labute approximate surface area is 80.8 Å². The molecule has 1 heterocycles. The molecule has 0 bridgehead atoms. The molecule has 0 aromatic rings. The third-order valence-electron chi connectivity index (χ3n) is 2.11. The van der Waals surface area contributed by atoms with E-state index in [1.54, 1.807) is 13.0 Å². The fourth-order valence-corrected chi connectivity index (χ4v) is 1.52. The van der Waals surface area contributed by atoms with E-state index in [4.69, 9.17) is 16.7 Å². The van der Waals surface area contributed by atoms with Crippen molar-refractivity contribution in [2.75, 3.05) is 12.4 Å². The van der Waals surface area contributed by atoms with Crippen LogP contribution in [0.3, 0.4) is 0 Å². The van der Waals surface area contributed by atoms with Gasteiger partial charge in [0.1, 0.15) is 0 Å². The Morgan fingerprint density at radius 3 is 2.77 bits per heavy atom. The second-order valence-corrected chi connectivity index (χ2v) is 3.09. The van der Waals surface area contributed by atoms with Crippen LogP contribution in [0.2, 0.25) is 0 Å². The van der Waals surface area contributed by atoms with Crippen LogP contribution in [0.25, 0.3) is 0 Å². The van der Waals surface area contributed by atoms with Crippen LogP contribution >= 0.6 is 11.6 Å². The summed E-state index contributed by atoms with van der Waals surface area (Å²) in [5.74, 6) is -0.290. The van der Waals surface area contributed by atoms with Gasteiger partial charge in [-0.1, -0.05) is 6.08 Å². The van der Waals surface area contributed by atoms with E-state index in [9.17, 15) is 9.59 Å². The number of rotatable bonds is 2. The van der Waals surface area contributed by atoms with Gasteiger partial charge in [0.2, 0.25) is 0 Å². The molecule has 1 atom stereocenters. The Bertz CT molecular complexity index is 275. The van der Waals surface area contributed by atoms with Crippen LogP contribution < -0.4 is 0 Å². The summed E-state index contributed by atoms with van der Waals surface area (Å²) in [7, 11) is 0. The van der Waals surface area contributed by atoms with E-state index in [0.717, 1.165) is 0 Å². The first-order valence-corrected chi connectivity index (χ1v) is 4.40. The summed E-state index contributed by atoms with van der Waals surface area (Å²) in [5.41, 5.74) is 0.498. The summed E-state index contributed by atoms with van der Waals surface area (Å²) in [4.78, 5) is 23.0. The standard InChI is InChI=1S/C8H10ClNO3/c1-5-6(7(11)4-9)2-3-10(5)8(12)13/h2,5H,3-4H2,1H3,(H,12,13)/t5-/m0/s1. The maximum Gasteiger partial charge on any atom is 0.408 e. The summed E-state index contributed by atoms with van der Waals surface area (Å²) < 4.78 is 0. The normalized spacial score (nSPS) is 21.5. The average molecular weight is 204 g/mol. The van der Waals surface area contributed by atoms with Crippen molar-refractivity contribution in [2.45, 2.75) is 13.0 Å². The topological polar surface area (TPSA) is 57.6 Å². The molecule has 0 unspecified atom stereocenters. The predicted octanol–water partition coefficient (Wildman–Crippen LogP) is 1.10. The number of carbonyl (C=O) groups excluding carboxylic acids is 1. The number of carbonyl (C=O) groups is 2. The van der Waals surface area contributed by atoms with E-state index < -0.39 is 6.09 Å². The molecular weight excluding hydrogens is 194 g/mol. The van der Waals surface area contributed by atoms with Gasteiger partial charge in [0.15, 0.2) is 5.78 Å². The Kier molecular flexibility index (Phi) is 2.93. The number of halogens is 1. The van der Waals surface area contributed by atoms with Crippen LogP contribution in [0.5, 0.6) is 0 Å². The lowest BCUT2D eigenvalue weighted by molar-refractivity contribution is -0.113. The van der Waals surface area contributed by atoms with E-state index >= 15 is 0 Å². The van der Waals surface area contributed by atoms with Gasteiger partial charge in [0.05, 0.1) is 11.9 Å². The molecule has 0 aromatic carbocycles. The summed E-state index contributed by atoms with van der Waals surface area (Å²) in [5, 5.41) is 8.70. The van der Waals surface area contributed by atoms with Crippen molar-refractivity contribution < 1.29 is 14.7 Å². The van der Waals surface area contributed by atoms with Gasteiger partial charge >= 0.3 is 6.09 Å². The van der Waals surface area contributed by atoms with Gasteiger partial charge < -0.3 is 5.11 Å². The molecule has 1 aliphatic heterocycles. The van der Waals surface area contributed by atoms with Crippen LogP contribution in [0.15, 0.2) is 11.6 Å². The lowest BCUT2D eigenvalue weighted by Crippen LogP contribution is -2.35. The van der Waals surface area contributed by atoms with Crippen LogP contribution in [0.4, 0.5) is 4.79 Å². The number of hydrogen-bond donors (Lipinski definition) is 1. The number of alkyl halides is 1. The minimum absolute atomic E-state index is 0.0936. The van der Waals surface area contributed by atoms with Gasteiger partial charge in [-0.15, -0.1) is 11.6 Å². The summed E-state index contributed by atoms with van der Waals surface area (Å²) in [6, 6.07) is -0.372. The zero-order valence-corrected chi connectivity index (χ0v) is 7.91. The summed E-state index contributed by atoms with van der Waals surface area (Å²) in [6.07, 6.45) is 0.602. The largest absolute Gasteiger partial charge is 0.465 e. The van der Waals surface area contributed by atoms with Gasteiger partial charge in [-0.25, -0.2) is 4.79 Å². The van der Waals surface area contributed by atoms with Crippen LogP contribution in [-0.4, -0.2) is 40.3 Å². The van der Waals surface area contributed by atoms with Crippen molar-refractivity contribution in [3.8, 4) is 0 Å². The minimum Gasteiger partial charge on any atom is -0.465 e. The molecule has 1 amide bonds. The number of hydrogen-bond acceptors (Lipinski definition) is 2. The Balaban J connectivity index is 2.73. The summed E-state index contributed by atoms with van der Waals surface area (Å²) in [6.45, 7) is 1.95. The highest BCUT2D eigenvalue weighted by atomic mass is 35.5. The molecule has 0 aromatic heterocycles. The molecule has 4 nitrogen and oxygen atoms in total. The SMILES string of the molecule is C[C@H]1C(C(=O)CCl)=CCN1C(=O)O. The fraction of sp³-hybridized carbons (Fsp3) is 0.500. The number of Topliss-reactive ketones (excluding diaryl/α,β-unsaturated/α-hetero) is 1. The monoisotopic (exact) mass is 203 g/mol. The predicted molar refractivity (Wildman–Crippen MR) is 48.0 cm³/mol. The van der Waals surface area contributed by atoms with Crippen molar-refractivity contribution >= 4 is 23.5 Å². The van der Waals surface area contributed by atoms with Crippen molar-refractivity contribution in [1.29, 1.82) is 0 Å². The molecule has 13 heavy (non-hydrogen) atoms. The fourth-order valence-electron chi connectivity index (χ4n) is 1.36. The quantitative estimate of drug-likeness (QED) is 0.684. The first-order valence-electron chi connectivity index (χ1n) is 3.86. The number of nitrogens with zero attached hydrogens (tertiary/aromatic N) is 1. The summed E-state index contributed by atoms with van der Waals surface area (Å²) >= 11 is 5.37. The molecule has 0 aliphatic carbocycles. The maximum absolute atomic E-state index is 11.2. The maximum atomic E-state index is 11.2. The van der Waals surface area contributed by atoms with Crippen LogP contribution in [0, 0.1) is 0 Å². The van der Waals surface area contributed by atoms with Gasteiger partial charge in [-0.2, -0.15) is 0 Å². The third kappa shape index (κ3) is 1.83. The third-order valence-corrected chi connectivity index (χ3v) is 2.36. The van der Waals surface area contributed by atoms with Gasteiger partial charge in [0, 0.05) is 12.1 Å². The van der Waals surface area contributed by atoms with E-state index in [-0.39, 0.29) is 24.2 Å². The zero-order chi connectivity index (χ0) is 10.0. The van der Waals surface area contributed by atoms with E-state index in [2.05, 4.69) is 0 Å². The number of ketones is 1. The molecule has 0 spiro atoms. The zero-order valence-electron chi connectivity index (χ0n) is 7.16. The Morgan fingerprint density at radius 1 is 1.77 bits per heavy atom. The van der Waals surface area contributed by atoms with E-state index in [0.29, 0.717) is 5.57 Å². The highest BCUT2D eigenvalue weighted by Crippen LogP contribution is 2.19. The van der Waals surface area contributed by atoms with Gasteiger partial charge in [0.25, 0.3) is 0 Å². The van der Waals surface area contributed by atoms with Gasteiger partial charge in [-0.05, 0) is 6.92 Å². The molecule has 1 N–H and O–H groups in total. The smallest absolute Gasteiger partial charge is 0.408 e. The first-order chi connectivity index (χ1) is 6.07. The second kappa shape index (κ2) is 3.79. The molecule has 1 aliphatic rings. The lowest BCUT2D eigenvalue weighted by atomic mass is 10.1. The van der Waals surface area contributed by atoms with E-state index in [1.807, 2.05) is 0 Å². The average Bonchev–Trinajstić information content (AvgIpc) is 2.46. The Hall–Kier alpha value is -1.03. The number of amides is 1. The van der Waals surface area contributed by atoms with Crippen LogP contribution in [-0.2, 0) is 4.79 Å². The molecule has 0 fully saturated rings. The van der Waals surface area contributed by atoms with E-state index in [1.165, 1.54) is 4.90 Å². The minimum atomic E-state index is -1.01. The van der Waals surface area contributed by atoms with Crippen molar-refractivity contribution in [3.63, 3.8) is 0 Å². The number of carboxylic acid groups (broad SMARTS) is 1. The van der Waals surface area contributed by atoms with Crippen molar-refractivity contribution in [3.05, 3.63) is 11.6 Å². The highest BCUT2D eigenvalue weighted by molar-refractivity contribution is 6.30. The second-order valence-electron chi connectivity index (χ2n) is 2.83. The molecular formula is C8H10ClNO3. The van der Waals surface area contributed by atoms with Crippen molar-refractivity contribution in [1.82, 2.24) is 4.90 Å². The van der Waals surface area contributed by atoms with Crippen LogP contribution in [0.1, 0.15) is 6.92 Å². The van der Waals surface area contributed by atoms with Crippen molar-refractivity contribution in [2.24, 2.45) is 0 Å². The Morgan fingerprint density at radius 2 is 2.38 bits per heavy atom. The molecule has 72 valence electrons. The molecule has 1 rings (SSSR count). The first kappa shape index (κ1) is 10.1. The highest BCUT2D eigenvalue weighted by Gasteiger charge is 2.30. The van der Waals surface area contributed by atoms with Gasteiger partial charge in [-0.3, -0.25) is 9.69 Å². The molecule has 5 heteroatoms. The lowest BCUT2D eigenvalue weighted by Gasteiger charge is -2.19.